The van der Waals surface area contributed by atoms with Gasteiger partial charge in [0, 0.05) is 6.20 Å². The number of anilines is 2. The number of fused-ring (bicyclic) bond motifs is 1. The van der Waals surface area contributed by atoms with Crippen LogP contribution in [0.1, 0.15) is 5.56 Å². The van der Waals surface area contributed by atoms with Gasteiger partial charge in [0.25, 0.3) is 0 Å². The SMILES string of the molecule is Cc1csc2c(Nc3cnn(CC(N)=O)c3)ncnc12. The van der Waals surface area contributed by atoms with Crippen LogP contribution in [0.5, 0.6) is 0 Å². The Morgan fingerprint density at radius 1 is 1.50 bits per heavy atom. The molecule has 0 spiro atoms. The van der Waals surface area contributed by atoms with Crippen LogP contribution in [0.25, 0.3) is 10.2 Å². The van der Waals surface area contributed by atoms with Crippen LogP contribution in [-0.4, -0.2) is 25.7 Å². The first-order valence-corrected chi connectivity index (χ1v) is 6.78. The van der Waals surface area contributed by atoms with Crippen molar-refractivity contribution in [1.29, 1.82) is 0 Å². The average Bonchev–Trinajstić information content (AvgIpc) is 2.98. The molecule has 0 aromatic carbocycles. The van der Waals surface area contributed by atoms with Crippen molar-refractivity contribution in [3.05, 3.63) is 29.7 Å². The number of nitrogens with one attached hydrogen (secondary N) is 1. The topological polar surface area (TPSA) is 98.7 Å². The van der Waals surface area contributed by atoms with Crippen molar-refractivity contribution in [2.45, 2.75) is 13.5 Å². The van der Waals surface area contributed by atoms with Crippen LogP contribution < -0.4 is 11.1 Å². The molecular formula is C12H12N6OS. The van der Waals surface area contributed by atoms with E-state index in [-0.39, 0.29) is 6.54 Å². The maximum Gasteiger partial charge on any atom is 0.239 e. The van der Waals surface area contributed by atoms with Crippen LogP contribution in [0.15, 0.2) is 24.1 Å². The van der Waals surface area contributed by atoms with Crippen LogP contribution in [0.2, 0.25) is 0 Å². The summed E-state index contributed by atoms with van der Waals surface area (Å²) in [6.07, 6.45) is 4.86. The van der Waals surface area contributed by atoms with E-state index in [4.69, 9.17) is 5.73 Å². The largest absolute Gasteiger partial charge is 0.368 e. The number of hydrogen-bond acceptors (Lipinski definition) is 6. The Kier molecular flexibility index (Phi) is 3.07. The molecule has 1 amide bonds. The lowest BCUT2D eigenvalue weighted by Crippen LogP contribution is -2.18. The van der Waals surface area contributed by atoms with Crippen molar-refractivity contribution in [3.63, 3.8) is 0 Å². The molecule has 0 bridgehead atoms. The zero-order chi connectivity index (χ0) is 14.1. The van der Waals surface area contributed by atoms with E-state index in [2.05, 4.69) is 20.4 Å². The standard InChI is InChI=1S/C12H12N6OS/c1-7-5-20-11-10(7)14-6-15-12(11)17-8-2-16-18(3-8)4-9(13)19/h2-3,5-6H,4H2,1H3,(H2,13,19)(H,14,15,17). The highest BCUT2D eigenvalue weighted by molar-refractivity contribution is 7.18. The summed E-state index contributed by atoms with van der Waals surface area (Å²) >= 11 is 1.59. The zero-order valence-electron chi connectivity index (χ0n) is 10.7. The van der Waals surface area contributed by atoms with Crippen LogP contribution in [0, 0.1) is 6.92 Å². The summed E-state index contributed by atoms with van der Waals surface area (Å²) in [6, 6.07) is 0. The van der Waals surface area contributed by atoms with Gasteiger partial charge in [0.15, 0.2) is 5.82 Å². The summed E-state index contributed by atoms with van der Waals surface area (Å²) in [5.41, 5.74) is 7.94. The summed E-state index contributed by atoms with van der Waals surface area (Å²) in [7, 11) is 0. The van der Waals surface area contributed by atoms with Crippen LogP contribution in [-0.2, 0) is 11.3 Å². The third kappa shape index (κ3) is 2.32. The van der Waals surface area contributed by atoms with E-state index in [1.807, 2.05) is 12.3 Å². The van der Waals surface area contributed by atoms with Crippen molar-refractivity contribution in [2.75, 3.05) is 5.32 Å². The minimum absolute atomic E-state index is 0.0545. The van der Waals surface area contributed by atoms with Crippen molar-refractivity contribution >= 4 is 39.0 Å². The van der Waals surface area contributed by atoms with E-state index in [0.29, 0.717) is 0 Å². The van der Waals surface area contributed by atoms with Gasteiger partial charge in [-0.1, -0.05) is 0 Å². The second-order valence-corrected chi connectivity index (χ2v) is 5.22. The average molecular weight is 288 g/mol. The fourth-order valence-electron chi connectivity index (χ4n) is 1.87. The fraction of sp³-hybridized carbons (Fsp3) is 0.167. The maximum atomic E-state index is 10.8. The molecule has 0 aliphatic rings. The molecule has 0 fully saturated rings. The van der Waals surface area contributed by atoms with Crippen molar-refractivity contribution < 1.29 is 4.79 Å². The minimum atomic E-state index is -0.432. The van der Waals surface area contributed by atoms with Gasteiger partial charge in [0.05, 0.1) is 22.1 Å². The second kappa shape index (κ2) is 4.89. The molecule has 3 aromatic heterocycles. The van der Waals surface area contributed by atoms with Gasteiger partial charge in [-0.25, -0.2) is 9.97 Å². The molecule has 0 atom stereocenters. The van der Waals surface area contributed by atoms with Gasteiger partial charge in [0.1, 0.15) is 12.9 Å². The fourth-order valence-corrected chi connectivity index (χ4v) is 2.82. The molecule has 0 aliphatic carbocycles. The number of carbonyl (C=O) groups excluding carboxylic acids is 1. The Morgan fingerprint density at radius 3 is 3.15 bits per heavy atom. The molecular weight excluding hydrogens is 276 g/mol. The first-order valence-electron chi connectivity index (χ1n) is 5.90. The van der Waals surface area contributed by atoms with Crippen LogP contribution in [0.3, 0.4) is 0 Å². The van der Waals surface area contributed by atoms with E-state index in [1.165, 1.54) is 11.0 Å². The molecule has 0 aliphatic heterocycles. The molecule has 102 valence electrons. The number of rotatable bonds is 4. The van der Waals surface area contributed by atoms with Crippen LogP contribution >= 0.6 is 11.3 Å². The highest BCUT2D eigenvalue weighted by Gasteiger charge is 2.09. The number of carbonyl (C=O) groups is 1. The quantitative estimate of drug-likeness (QED) is 0.756. The van der Waals surface area contributed by atoms with Gasteiger partial charge < -0.3 is 11.1 Å². The van der Waals surface area contributed by atoms with Gasteiger partial charge in [0.2, 0.25) is 5.91 Å². The van der Waals surface area contributed by atoms with Gasteiger partial charge in [-0.3, -0.25) is 9.48 Å². The molecule has 3 heterocycles. The number of nitrogens with zero attached hydrogens (tertiary/aromatic N) is 4. The summed E-state index contributed by atoms with van der Waals surface area (Å²) in [5, 5.41) is 9.27. The van der Waals surface area contributed by atoms with E-state index >= 15 is 0 Å². The Morgan fingerprint density at radius 2 is 2.35 bits per heavy atom. The normalized spacial score (nSPS) is 10.8. The number of amides is 1. The number of nitrogens with two attached hydrogens (primary N) is 1. The third-order valence-corrected chi connectivity index (χ3v) is 3.84. The van der Waals surface area contributed by atoms with E-state index < -0.39 is 5.91 Å². The Hall–Kier alpha value is -2.48. The first-order chi connectivity index (χ1) is 9.63. The number of aromatic nitrogens is 4. The van der Waals surface area contributed by atoms with E-state index in [1.54, 1.807) is 23.7 Å². The molecule has 20 heavy (non-hydrogen) atoms. The van der Waals surface area contributed by atoms with E-state index in [0.717, 1.165) is 27.3 Å². The van der Waals surface area contributed by atoms with Gasteiger partial charge in [-0.2, -0.15) is 5.10 Å². The van der Waals surface area contributed by atoms with Crippen molar-refractivity contribution in [2.24, 2.45) is 5.73 Å². The number of thiophene rings is 1. The van der Waals surface area contributed by atoms with Gasteiger partial charge in [-0.05, 0) is 17.9 Å². The van der Waals surface area contributed by atoms with Crippen LogP contribution in [0.4, 0.5) is 11.5 Å². The molecule has 0 saturated heterocycles. The number of aryl methyl sites for hydroxylation is 1. The molecule has 7 nitrogen and oxygen atoms in total. The predicted octanol–water partition coefficient (Wildman–Crippen LogP) is 1.43. The summed E-state index contributed by atoms with van der Waals surface area (Å²) in [4.78, 5) is 19.3. The minimum Gasteiger partial charge on any atom is -0.368 e. The monoisotopic (exact) mass is 288 g/mol. The van der Waals surface area contributed by atoms with Gasteiger partial charge in [-0.15, -0.1) is 11.3 Å². The highest BCUT2D eigenvalue weighted by Crippen LogP contribution is 2.30. The Labute approximate surface area is 118 Å². The molecule has 3 N–H and O–H groups in total. The number of primary amides is 1. The molecule has 8 heteroatoms. The molecule has 3 rings (SSSR count). The lowest BCUT2D eigenvalue weighted by molar-refractivity contribution is -0.118. The van der Waals surface area contributed by atoms with Crippen molar-refractivity contribution in [1.82, 2.24) is 19.7 Å². The maximum absolute atomic E-state index is 10.8. The first kappa shape index (κ1) is 12.5. The second-order valence-electron chi connectivity index (χ2n) is 4.34. The Bertz CT molecular complexity index is 777. The van der Waals surface area contributed by atoms with Gasteiger partial charge >= 0.3 is 0 Å². The third-order valence-electron chi connectivity index (χ3n) is 2.74. The molecule has 0 unspecified atom stereocenters. The molecule has 0 saturated carbocycles. The predicted molar refractivity (Wildman–Crippen MR) is 76.9 cm³/mol. The molecule has 3 aromatic rings. The smallest absolute Gasteiger partial charge is 0.239 e. The lowest BCUT2D eigenvalue weighted by Gasteiger charge is -2.03. The number of hydrogen-bond donors (Lipinski definition) is 2. The summed E-state index contributed by atoms with van der Waals surface area (Å²) in [5.74, 6) is 0.296. The summed E-state index contributed by atoms with van der Waals surface area (Å²) in [6.45, 7) is 2.07. The highest BCUT2D eigenvalue weighted by atomic mass is 32.1. The van der Waals surface area contributed by atoms with E-state index in [9.17, 15) is 4.79 Å². The lowest BCUT2D eigenvalue weighted by atomic mass is 10.3. The zero-order valence-corrected chi connectivity index (χ0v) is 11.5. The van der Waals surface area contributed by atoms with Crippen molar-refractivity contribution in [3.8, 4) is 0 Å². The Balaban J connectivity index is 1.89. The summed E-state index contributed by atoms with van der Waals surface area (Å²) < 4.78 is 2.47. The molecule has 0 radical (unpaired) electrons.